The minimum atomic E-state index is -0.0797. The van der Waals surface area contributed by atoms with Crippen molar-refractivity contribution in [3.8, 4) is 0 Å². The summed E-state index contributed by atoms with van der Waals surface area (Å²) in [6.45, 7) is 4.28. The summed E-state index contributed by atoms with van der Waals surface area (Å²) in [4.78, 5) is 10.9. The largest absolute Gasteiger partial charge is 0.390 e. The molecule has 16 heavy (non-hydrogen) atoms. The van der Waals surface area contributed by atoms with Gasteiger partial charge in [-0.05, 0) is 20.0 Å². The fraction of sp³-hybridized carbons (Fsp3) is 0.636. The fourth-order valence-corrected chi connectivity index (χ4v) is 1.82. The predicted molar refractivity (Wildman–Crippen MR) is 58.9 cm³/mol. The van der Waals surface area contributed by atoms with Gasteiger partial charge in [-0.2, -0.15) is 0 Å². The van der Waals surface area contributed by atoms with Gasteiger partial charge < -0.3 is 14.7 Å². The molecule has 1 aliphatic heterocycles. The number of hydrogen-bond donors (Lipinski definition) is 1. The standard InChI is InChI=1S/C11H17N3O2/c1-8-5-9(7-15)13-11(12-8)10-6-14(2)3-4-16-10/h5,10,15H,3-4,6-7H2,1-2H3. The van der Waals surface area contributed by atoms with Crippen LogP contribution in [0.1, 0.15) is 23.3 Å². The maximum atomic E-state index is 9.10. The summed E-state index contributed by atoms with van der Waals surface area (Å²) >= 11 is 0. The number of rotatable bonds is 2. The van der Waals surface area contributed by atoms with E-state index >= 15 is 0 Å². The van der Waals surface area contributed by atoms with Gasteiger partial charge in [0.05, 0.1) is 18.9 Å². The molecule has 0 radical (unpaired) electrons. The van der Waals surface area contributed by atoms with Gasteiger partial charge in [0.15, 0.2) is 5.82 Å². The Bertz CT molecular complexity index is 370. The molecule has 1 atom stereocenters. The van der Waals surface area contributed by atoms with E-state index in [0.29, 0.717) is 18.1 Å². The van der Waals surface area contributed by atoms with Gasteiger partial charge in [0.25, 0.3) is 0 Å². The van der Waals surface area contributed by atoms with Gasteiger partial charge in [0.2, 0.25) is 0 Å². The van der Waals surface area contributed by atoms with Crippen molar-refractivity contribution < 1.29 is 9.84 Å². The molecule has 1 aromatic heterocycles. The van der Waals surface area contributed by atoms with Crippen molar-refractivity contribution in [2.45, 2.75) is 19.6 Å². The van der Waals surface area contributed by atoms with Crippen molar-refractivity contribution in [2.75, 3.05) is 26.7 Å². The van der Waals surface area contributed by atoms with Crippen molar-refractivity contribution in [1.29, 1.82) is 0 Å². The second-order valence-electron chi connectivity index (χ2n) is 4.14. The van der Waals surface area contributed by atoms with Crippen LogP contribution in [0, 0.1) is 6.92 Å². The highest BCUT2D eigenvalue weighted by atomic mass is 16.5. The lowest BCUT2D eigenvalue weighted by atomic mass is 10.2. The molecular formula is C11H17N3O2. The molecule has 0 saturated carbocycles. The lowest BCUT2D eigenvalue weighted by Crippen LogP contribution is -2.36. The summed E-state index contributed by atoms with van der Waals surface area (Å²) in [5, 5.41) is 9.10. The zero-order chi connectivity index (χ0) is 11.5. The van der Waals surface area contributed by atoms with Gasteiger partial charge in [0.1, 0.15) is 6.10 Å². The number of ether oxygens (including phenoxy) is 1. The number of morpholine rings is 1. The SMILES string of the molecule is Cc1cc(CO)nc(C2CN(C)CCO2)n1. The highest BCUT2D eigenvalue weighted by Gasteiger charge is 2.22. The Morgan fingerprint density at radius 1 is 1.56 bits per heavy atom. The second kappa shape index (κ2) is 4.86. The van der Waals surface area contributed by atoms with Crippen molar-refractivity contribution in [3.63, 3.8) is 0 Å². The maximum Gasteiger partial charge on any atom is 0.159 e. The second-order valence-corrected chi connectivity index (χ2v) is 4.14. The molecule has 1 N–H and O–H groups in total. The molecule has 1 unspecified atom stereocenters. The fourth-order valence-electron chi connectivity index (χ4n) is 1.82. The van der Waals surface area contributed by atoms with Gasteiger partial charge in [0, 0.05) is 18.8 Å². The third-order valence-corrected chi connectivity index (χ3v) is 2.64. The summed E-state index contributed by atoms with van der Waals surface area (Å²) in [5.41, 5.74) is 1.52. The van der Waals surface area contributed by atoms with E-state index < -0.39 is 0 Å². The van der Waals surface area contributed by atoms with E-state index in [9.17, 15) is 0 Å². The molecule has 88 valence electrons. The molecule has 0 bridgehead atoms. The van der Waals surface area contributed by atoms with Crippen LogP contribution in [0.5, 0.6) is 0 Å². The minimum absolute atomic E-state index is 0.0566. The number of aliphatic hydroxyl groups is 1. The lowest BCUT2D eigenvalue weighted by Gasteiger charge is -2.29. The molecule has 2 heterocycles. The van der Waals surface area contributed by atoms with Crippen LogP contribution in [0.4, 0.5) is 0 Å². The van der Waals surface area contributed by atoms with Crippen LogP contribution in [0.3, 0.4) is 0 Å². The third-order valence-electron chi connectivity index (χ3n) is 2.64. The highest BCUT2D eigenvalue weighted by Crippen LogP contribution is 2.18. The first-order valence-electron chi connectivity index (χ1n) is 5.44. The zero-order valence-corrected chi connectivity index (χ0v) is 9.68. The summed E-state index contributed by atoms with van der Waals surface area (Å²) in [6, 6.07) is 1.79. The molecule has 5 heteroatoms. The van der Waals surface area contributed by atoms with E-state index in [1.165, 1.54) is 0 Å². The Balaban J connectivity index is 2.21. The van der Waals surface area contributed by atoms with E-state index in [1.54, 1.807) is 6.07 Å². The number of aromatic nitrogens is 2. The average Bonchev–Trinajstić information content (AvgIpc) is 2.28. The van der Waals surface area contributed by atoms with Crippen LogP contribution < -0.4 is 0 Å². The number of aryl methyl sites for hydroxylation is 1. The summed E-state index contributed by atoms with van der Waals surface area (Å²) in [6.07, 6.45) is -0.0797. The van der Waals surface area contributed by atoms with Crippen LogP contribution in [0.15, 0.2) is 6.07 Å². The molecule has 5 nitrogen and oxygen atoms in total. The van der Waals surface area contributed by atoms with E-state index in [-0.39, 0.29) is 12.7 Å². The smallest absolute Gasteiger partial charge is 0.159 e. The topological polar surface area (TPSA) is 58.5 Å². The summed E-state index contributed by atoms with van der Waals surface area (Å²) in [5.74, 6) is 0.676. The molecule has 0 amide bonds. The van der Waals surface area contributed by atoms with Crippen LogP contribution in [-0.4, -0.2) is 46.7 Å². The monoisotopic (exact) mass is 223 g/mol. The Morgan fingerprint density at radius 2 is 2.38 bits per heavy atom. The summed E-state index contributed by atoms with van der Waals surface area (Å²) < 4.78 is 5.64. The van der Waals surface area contributed by atoms with Crippen LogP contribution >= 0.6 is 0 Å². The van der Waals surface area contributed by atoms with E-state index in [0.717, 1.165) is 18.8 Å². The Hall–Kier alpha value is -1.04. The van der Waals surface area contributed by atoms with Crippen LogP contribution in [0.25, 0.3) is 0 Å². The molecule has 0 spiro atoms. The molecule has 1 aliphatic rings. The first kappa shape index (κ1) is 11.4. The molecule has 1 saturated heterocycles. The summed E-state index contributed by atoms with van der Waals surface area (Å²) in [7, 11) is 2.05. The minimum Gasteiger partial charge on any atom is -0.390 e. The molecule has 2 rings (SSSR count). The van der Waals surface area contributed by atoms with E-state index in [1.807, 2.05) is 6.92 Å². The van der Waals surface area contributed by atoms with Gasteiger partial charge >= 0.3 is 0 Å². The van der Waals surface area contributed by atoms with Crippen LogP contribution in [-0.2, 0) is 11.3 Å². The zero-order valence-electron chi connectivity index (χ0n) is 9.68. The van der Waals surface area contributed by atoms with Crippen molar-refractivity contribution in [2.24, 2.45) is 0 Å². The molecular weight excluding hydrogens is 206 g/mol. The Labute approximate surface area is 95.1 Å². The Kier molecular flexibility index (Phi) is 3.48. The number of likely N-dealkylation sites (N-methyl/N-ethyl adjacent to an activating group) is 1. The van der Waals surface area contributed by atoms with Crippen molar-refractivity contribution in [1.82, 2.24) is 14.9 Å². The van der Waals surface area contributed by atoms with E-state index in [2.05, 4.69) is 21.9 Å². The average molecular weight is 223 g/mol. The number of hydrogen-bond acceptors (Lipinski definition) is 5. The third kappa shape index (κ3) is 2.55. The normalized spacial score (nSPS) is 22.3. The van der Waals surface area contributed by atoms with E-state index in [4.69, 9.17) is 9.84 Å². The lowest BCUT2D eigenvalue weighted by molar-refractivity contribution is -0.0257. The first-order chi connectivity index (χ1) is 7.69. The van der Waals surface area contributed by atoms with Gasteiger partial charge in [-0.15, -0.1) is 0 Å². The van der Waals surface area contributed by atoms with Crippen molar-refractivity contribution >= 4 is 0 Å². The van der Waals surface area contributed by atoms with Gasteiger partial charge in [-0.3, -0.25) is 0 Å². The first-order valence-corrected chi connectivity index (χ1v) is 5.44. The quantitative estimate of drug-likeness (QED) is 0.780. The molecule has 1 aromatic rings. The van der Waals surface area contributed by atoms with Gasteiger partial charge in [-0.25, -0.2) is 9.97 Å². The number of nitrogens with zero attached hydrogens (tertiary/aromatic N) is 3. The highest BCUT2D eigenvalue weighted by molar-refractivity contribution is 5.11. The predicted octanol–water partition coefficient (Wildman–Crippen LogP) is 0.280. The molecule has 0 aromatic carbocycles. The van der Waals surface area contributed by atoms with Crippen LogP contribution in [0.2, 0.25) is 0 Å². The maximum absolute atomic E-state index is 9.10. The molecule has 0 aliphatic carbocycles. The number of aliphatic hydroxyl groups excluding tert-OH is 1. The van der Waals surface area contributed by atoms with Crippen molar-refractivity contribution in [3.05, 3.63) is 23.3 Å². The Morgan fingerprint density at radius 3 is 3.06 bits per heavy atom. The van der Waals surface area contributed by atoms with Gasteiger partial charge in [-0.1, -0.05) is 0 Å². The molecule has 1 fully saturated rings.